The summed E-state index contributed by atoms with van der Waals surface area (Å²) < 4.78 is 0. The molecule has 1 saturated heterocycles. The van der Waals surface area contributed by atoms with Crippen LogP contribution < -0.4 is 92.3 Å². The molecule has 25 N–H and O–H groups in total. The van der Waals surface area contributed by atoms with Gasteiger partial charge in [0, 0.05) is 80.6 Å². The SMILES string of the molecule is CCCC[C@H](NC(=O)CNC(=O)CNC(=O)c1ccc(NN)nc1)C(=O)N[C@H]1CC(=O)NCCCC[C@@H](C(N)=O)NC(=O)[C@H](Cc2c[nH]c3ccccc23)NC(=O)[C@H](CCCN=C(N)N)NC(=O)[C@@H](Cc2ccccc2)NC(=O)[C@H](Cc2cnc[nH]2)NC1=O.O=C(O)CNCCNCC(=O)O.[99Tc+7]. The number of carbonyl (C=O) groups is 13. The minimum atomic E-state index is -1.73. The summed E-state index contributed by atoms with van der Waals surface area (Å²) in [7, 11) is 0. The summed E-state index contributed by atoms with van der Waals surface area (Å²) in [4.78, 5) is 191. The summed E-state index contributed by atoms with van der Waals surface area (Å²) in [5, 5.41) is 48.5. The quantitative estimate of drug-likeness (QED) is 0.00675. The van der Waals surface area contributed by atoms with Gasteiger partial charge >= 0.3 is 32.0 Å². The summed E-state index contributed by atoms with van der Waals surface area (Å²) in [5.74, 6) is -5.61. The molecule has 0 unspecified atom stereocenters. The zero-order valence-corrected chi connectivity index (χ0v) is 57.9. The molecule has 4 heterocycles. The second-order valence-corrected chi connectivity index (χ2v) is 23.2. The Morgan fingerprint density at radius 1 is 0.676 bits per heavy atom. The number of carboxylic acids is 2. The van der Waals surface area contributed by atoms with Gasteiger partial charge in [-0.1, -0.05) is 68.3 Å². The number of hydrogen-bond donors (Lipinski definition) is 21. The third kappa shape index (κ3) is 30.7. The number of nitrogen functional groups attached to an aromatic ring is 1. The molecule has 38 heteroatoms. The van der Waals surface area contributed by atoms with Gasteiger partial charge in [-0.2, -0.15) is 0 Å². The van der Waals surface area contributed by atoms with Crippen LogP contribution in [0.5, 0.6) is 0 Å². The first-order chi connectivity index (χ1) is 48.4. The van der Waals surface area contributed by atoms with Crippen molar-refractivity contribution in [2.75, 3.05) is 57.8 Å². The monoisotopic (exact) mass is 1510 g/mol. The van der Waals surface area contributed by atoms with Crippen LogP contribution in [0.1, 0.15) is 91.9 Å². The van der Waals surface area contributed by atoms with Crippen molar-refractivity contribution >= 4 is 99.6 Å². The molecule has 11 amide bonds. The Labute approximate surface area is 599 Å². The van der Waals surface area contributed by atoms with Crippen molar-refractivity contribution in [3.05, 3.63) is 114 Å². The van der Waals surface area contributed by atoms with E-state index in [1.54, 1.807) is 42.6 Å². The van der Waals surface area contributed by atoms with Gasteiger partial charge in [0.2, 0.25) is 59.1 Å². The van der Waals surface area contributed by atoms with E-state index in [1.807, 2.05) is 25.1 Å². The molecule has 1 fully saturated rings. The van der Waals surface area contributed by atoms with Crippen LogP contribution in [0.3, 0.4) is 0 Å². The Hall–Kier alpha value is -11.0. The number of aliphatic imine (C=N–C) groups is 1. The molecule has 5 aromatic rings. The van der Waals surface area contributed by atoms with Gasteiger partial charge in [-0.3, -0.25) is 67.3 Å². The number of pyridine rings is 1. The summed E-state index contributed by atoms with van der Waals surface area (Å²) in [6.45, 7) is 1.37. The average molecular weight is 1510 g/mol. The van der Waals surface area contributed by atoms with Crippen LogP contribution in [0, 0.1) is 0 Å². The van der Waals surface area contributed by atoms with E-state index in [1.165, 1.54) is 30.9 Å². The number of unbranched alkanes of at least 4 members (excludes halogenated alkanes) is 1. The molecule has 37 nitrogen and oxygen atoms in total. The molecule has 0 spiro atoms. The molecule has 3 aromatic heterocycles. The molecule has 2 aromatic carbocycles. The second-order valence-electron chi connectivity index (χ2n) is 23.2. The number of carboxylic acid groups (broad SMARTS) is 2. The molecular weight excluding hydrogens is 1420 g/mol. The number of hydrazine groups is 1. The van der Waals surface area contributed by atoms with Crippen molar-refractivity contribution < 1.29 is 92.6 Å². The number of hydrogen-bond acceptors (Lipinski definition) is 20. The minimum Gasteiger partial charge on any atom is -0.480 e. The number of primary amides is 1. The summed E-state index contributed by atoms with van der Waals surface area (Å²) in [5.41, 5.74) is 21.8. The fraction of sp³-hybridized carbons (Fsp3) is 0.438. The maximum Gasteiger partial charge on any atom is 7.00 e. The number of anilines is 1. The van der Waals surface area contributed by atoms with Gasteiger partial charge in [0.15, 0.2) is 5.96 Å². The fourth-order valence-corrected chi connectivity index (χ4v) is 10.1. The Balaban J connectivity index is 0.00000154. The molecule has 1 aliphatic rings. The minimum absolute atomic E-state index is 0. The molecule has 7 atom stereocenters. The Bertz CT molecular complexity index is 3600. The molecule has 102 heavy (non-hydrogen) atoms. The molecule has 0 bridgehead atoms. The van der Waals surface area contributed by atoms with Crippen molar-refractivity contribution in [1.82, 2.24) is 83.7 Å². The number of aliphatic carboxylic acids is 2. The van der Waals surface area contributed by atoms with Crippen LogP contribution in [-0.4, -0.2) is 208 Å². The number of guanidine groups is 1. The number of aromatic amines is 2. The van der Waals surface area contributed by atoms with Crippen LogP contribution in [0.4, 0.5) is 5.82 Å². The van der Waals surface area contributed by atoms with Crippen LogP contribution >= 0.6 is 0 Å². The summed E-state index contributed by atoms with van der Waals surface area (Å²) >= 11 is 0. The van der Waals surface area contributed by atoms with Gasteiger partial charge in [0.05, 0.1) is 44.5 Å². The molecule has 0 saturated carbocycles. The number of nitrogens with one attached hydrogen (secondary N) is 15. The Kier molecular flexibility index (Phi) is 36.8. The van der Waals surface area contributed by atoms with E-state index < -0.39 is 139 Å². The average Bonchev–Trinajstić information content (AvgIpc) is 1.63. The standard InChI is InChI=1S/C58H78N20O11.C6H12N2O4.Tc/c1-2-3-15-40(71-49(81)31-68-48(80)30-69-51(83)34-19-20-46(78-62)67-27-34)52(84)77-45-26-47(79)64-21-10-9-17-39(50(59)82)72-55(87)43(24-35-28-66-38-16-8-7-14-37(35)38)75-53(85)41(18-11-22-65-58(60)61)73-54(86)42(23-33-12-5-4-6-13-33)74-56(88)44(76-57(45)89)25-36-29-63-32-70-36;9-5(10)3-7-1-2-8-4-6(11)12;/h4-8,12-14,16,19-20,27-29,32,39-45,66H,2-3,9-11,15,17-18,21-26,30-31,62H2,1H3,(H2,59,82)(H,63,70)(H,64,79)(H,67,78)(H,68,80)(H,69,83)(H,71,81)(H,72,87)(H,73,86)(H,74,88)(H,75,85)(H,76,89)(H,77,84)(H4,60,61,65);7-8H,1-4H2,(H,9,10)(H,11,12);/q;;+7/t39-,40-,41-,42+,43-,44-,45-;;/m0../s1/i;;1+1. The number of carbonyl (C=O) groups excluding carboxylic acids is 11. The van der Waals surface area contributed by atoms with Gasteiger partial charge in [-0.15, -0.1) is 0 Å². The van der Waals surface area contributed by atoms with Crippen LogP contribution in [0.25, 0.3) is 10.9 Å². The Morgan fingerprint density at radius 3 is 1.93 bits per heavy atom. The third-order valence-corrected chi connectivity index (χ3v) is 15.3. The van der Waals surface area contributed by atoms with Crippen molar-refractivity contribution in [3.8, 4) is 0 Å². The molecule has 0 radical (unpaired) electrons. The number of amides is 11. The number of benzene rings is 2. The van der Waals surface area contributed by atoms with Crippen LogP contribution in [0.2, 0.25) is 0 Å². The number of aromatic nitrogens is 4. The topological polar surface area (TPSA) is 593 Å². The number of H-pyrrole nitrogens is 2. The molecule has 0 aliphatic carbocycles. The number of imidazole rings is 1. The summed E-state index contributed by atoms with van der Waals surface area (Å²) in [6.07, 6.45) is 5.88. The van der Waals surface area contributed by atoms with E-state index in [2.05, 4.69) is 94.2 Å². The first-order valence-electron chi connectivity index (χ1n) is 32.5. The summed E-state index contributed by atoms with van der Waals surface area (Å²) in [6, 6.07) is 8.65. The maximum absolute atomic E-state index is 14.8. The van der Waals surface area contributed by atoms with E-state index in [9.17, 15) is 62.3 Å². The van der Waals surface area contributed by atoms with Gasteiger partial charge < -0.3 is 107 Å². The largest absolute Gasteiger partial charge is 7.00 e. The Morgan fingerprint density at radius 2 is 1.30 bits per heavy atom. The van der Waals surface area contributed by atoms with Crippen molar-refractivity contribution in [2.45, 2.75) is 126 Å². The zero-order valence-electron chi connectivity index (χ0n) is 56.1. The molecular formula is C64H90N22O15Tc+7. The van der Waals surface area contributed by atoms with Crippen molar-refractivity contribution in [2.24, 2.45) is 28.0 Å². The number of nitrogens with zero attached hydrogens (tertiary/aromatic N) is 3. The molecule has 546 valence electrons. The van der Waals surface area contributed by atoms with Gasteiger partial charge in [-0.25, -0.2) is 15.8 Å². The van der Waals surface area contributed by atoms with Gasteiger partial charge in [0.25, 0.3) is 5.91 Å². The fourth-order valence-electron chi connectivity index (χ4n) is 10.1. The predicted molar refractivity (Wildman–Crippen MR) is 366 cm³/mol. The van der Waals surface area contributed by atoms with Crippen molar-refractivity contribution in [1.29, 1.82) is 0 Å². The maximum atomic E-state index is 14.8. The van der Waals surface area contributed by atoms with Crippen LogP contribution in [-0.2, 0) is 96.9 Å². The van der Waals surface area contributed by atoms with E-state index >= 15 is 0 Å². The van der Waals surface area contributed by atoms with E-state index in [0.717, 1.165) is 10.9 Å². The predicted octanol–water partition coefficient (Wildman–Crippen LogP) is -4.71. The molecule has 6 rings (SSSR count). The van der Waals surface area contributed by atoms with Crippen LogP contribution in [0.15, 0.2) is 96.6 Å². The second kappa shape index (κ2) is 44.9. The number of para-hydroxylation sites is 1. The van der Waals surface area contributed by atoms with Gasteiger partial charge in [0.1, 0.15) is 48.1 Å². The van der Waals surface area contributed by atoms with E-state index in [-0.39, 0.29) is 116 Å². The third-order valence-electron chi connectivity index (χ3n) is 15.3. The normalized spacial score (nSPS) is 18.1. The van der Waals surface area contributed by atoms with Gasteiger partial charge in [-0.05, 0) is 67.9 Å². The zero-order chi connectivity index (χ0) is 73.6. The van der Waals surface area contributed by atoms with E-state index in [4.69, 9.17) is 33.3 Å². The van der Waals surface area contributed by atoms with E-state index in [0.29, 0.717) is 48.6 Å². The smallest absolute Gasteiger partial charge is 0.480 e. The number of nitrogens with two attached hydrogens (primary N) is 4. The number of rotatable bonds is 30. The number of fused-ring (bicyclic) bond motifs is 1. The van der Waals surface area contributed by atoms with Crippen molar-refractivity contribution in [3.63, 3.8) is 0 Å². The first-order valence-corrected chi connectivity index (χ1v) is 32.5. The first kappa shape index (κ1) is 83.5. The molecule has 1 aliphatic heterocycles.